The fourth-order valence-electron chi connectivity index (χ4n) is 3.02. The van der Waals surface area contributed by atoms with E-state index in [2.05, 4.69) is 10.2 Å². The zero-order valence-electron chi connectivity index (χ0n) is 17.6. The molecule has 0 atom stereocenters. The van der Waals surface area contributed by atoms with Gasteiger partial charge in [0.2, 0.25) is 5.91 Å². The highest BCUT2D eigenvalue weighted by Crippen LogP contribution is 2.26. The van der Waals surface area contributed by atoms with Crippen molar-refractivity contribution in [1.29, 1.82) is 0 Å². The van der Waals surface area contributed by atoms with Crippen LogP contribution in [-0.2, 0) is 11.3 Å². The van der Waals surface area contributed by atoms with Crippen LogP contribution in [0.4, 0.5) is 5.69 Å². The molecule has 0 aliphatic heterocycles. The number of carbonyl (C=O) groups is 1. The summed E-state index contributed by atoms with van der Waals surface area (Å²) in [6, 6.07) is 15.4. The summed E-state index contributed by atoms with van der Waals surface area (Å²) in [5.74, 6) is 1.42. The van der Waals surface area contributed by atoms with Crippen molar-refractivity contribution in [1.82, 2.24) is 9.88 Å². The van der Waals surface area contributed by atoms with Crippen LogP contribution in [0.25, 0.3) is 10.6 Å². The van der Waals surface area contributed by atoms with Gasteiger partial charge in [-0.2, -0.15) is 0 Å². The van der Waals surface area contributed by atoms with E-state index in [-0.39, 0.29) is 12.5 Å². The summed E-state index contributed by atoms with van der Waals surface area (Å²) in [4.78, 5) is 19.3. The number of benzene rings is 2. The molecule has 0 spiro atoms. The standard InChI is InChI=1S/C23H27N3O3S/c1-4-26(15-22(27)25-20-8-6-7-9-21(20)28-3)14-18-16-30-23(24-18)17-10-12-19(13-11-17)29-5-2/h6-13,16H,4-5,14-15H2,1-3H3,(H,25,27). The van der Waals surface area contributed by atoms with Crippen LogP contribution in [0.15, 0.2) is 53.9 Å². The number of methoxy groups -OCH3 is 1. The summed E-state index contributed by atoms with van der Waals surface area (Å²) in [5.41, 5.74) is 2.69. The number of nitrogens with zero attached hydrogens (tertiary/aromatic N) is 2. The van der Waals surface area contributed by atoms with E-state index in [1.165, 1.54) is 0 Å². The molecule has 0 unspecified atom stereocenters. The molecule has 0 saturated heterocycles. The molecular formula is C23H27N3O3S. The first-order valence-electron chi connectivity index (χ1n) is 9.95. The van der Waals surface area contributed by atoms with Gasteiger partial charge in [-0.05, 0) is 49.9 Å². The Morgan fingerprint density at radius 2 is 1.90 bits per heavy atom. The van der Waals surface area contributed by atoms with Gasteiger partial charge < -0.3 is 14.8 Å². The molecule has 1 aromatic heterocycles. The summed E-state index contributed by atoms with van der Waals surface area (Å²) in [7, 11) is 1.59. The molecule has 7 heteroatoms. The van der Waals surface area contributed by atoms with Crippen molar-refractivity contribution in [2.24, 2.45) is 0 Å². The van der Waals surface area contributed by atoms with Gasteiger partial charge in [0, 0.05) is 17.5 Å². The fraction of sp³-hybridized carbons (Fsp3) is 0.304. The Labute approximate surface area is 181 Å². The fourth-order valence-corrected chi connectivity index (χ4v) is 3.84. The Morgan fingerprint density at radius 3 is 2.60 bits per heavy atom. The van der Waals surface area contributed by atoms with Crippen LogP contribution in [0.5, 0.6) is 11.5 Å². The minimum absolute atomic E-state index is 0.0803. The topological polar surface area (TPSA) is 63.7 Å². The van der Waals surface area contributed by atoms with E-state index in [9.17, 15) is 4.79 Å². The van der Waals surface area contributed by atoms with Gasteiger partial charge in [0.05, 0.1) is 31.6 Å². The van der Waals surface area contributed by atoms with E-state index in [4.69, 9.17) is 14.5 Å². The highest BCUT2D eigenvalue weighted by atomic mass is 32.1. The average molecular weight is 426 g/mol. The third-order valence-corrected chi connectivity index (χ3v) is 5.49. The molecular weight excluding hydrogens is 398 g/mol. The van der Waals surface area contributed by atoms with E-state index in [1.54, 1.807) is 18.4 Å². The molecule has 1 amide bonds. The Balaban J connectivity index is 1.60. The number of likely N-dealkylation sites (N-methyl/N-ethyl adjacent to an activating group) is 1. The molecule has 6 nitrogen and oxygen atoms in total. The van der Waals surface area contributed by atoms with Crippen molar-refractivity contribution in [2.75, 3.05) is 32.1 Å². The molecule has 30 heavy (non-hydrogen) atoms. The van der Waals surface area contributed by atoms with E-state index >= 15 is 0 Å². The average Bonchev–Trinajstić information content (AvgIpc) is 3.23. The minimum Gasteiger partial charge on any atom is -0.495 e. The molecule has 2 aromatic carbocycles. The molecule has 0 saturated carbocycles. The van der Waals surface area contributed by atoms with Gasteiger partial charge in [0.15, 0.2) is 0 Å². The number of anilines is 1. The first-order chi connectivity index (χ1) is 14.6. The number of carbonyl (C=O) groups excluding carboxylic acids is 1. The first-order valence-corrected chi connectivity index (χ1v) is 10.8. The lowest BCUT2D eigenvalue weighted by atomic mass is 10.2. The number of nitrogens with one attached hydrogen (secondary N) is 1. The van der Waals surface area contributed by atoms with Crippen LogP contribution >= 0.6 is 11.3 Å². The number of para-hydroxylation sites is 2. The molecule has 0 fully saturated rings. The van der Waals surface area contributed by atoms with Crippen LogP contribution in [0.1, 0.15) is 19.5 Å². The van der Waals surface area contributed by atoms with Crippen LogP contribution in [0.3, 0.4) is 0 Å². The van der Waals surface area contributed by atoms with Gasteiger partial charge in [-0.15, -0.1) is 11.3 Å². The Kier molecular flexibility index (Phi) is 7.82. The van der Waals surface area contributed by atoms with Crippen LogP contribution in [-0.4, -0.2) is 42.6 Å². The Morgan fingerprint density at radius 1 is 1.13 bits per heavy atom. The molecule has 3 rings (SSSR count). The summed E-state index contributed by atoms with van der Waals surface area (Å²) < 4.78 is 10.8. The van der Waals surface area contributed by atoms with Crippen LogP contribution in [0.2, 0.25) is 0 Å². The van der Waals surface area contributed by atoms with Gasteiger partial charge in [0.25, 0.3) is 0 Å². The van der Waals surface area contributed by atoms with Crippen LogP contribution < -0.4 is 14.8 Å². The van der Waals surface area contributed by atoms with Crippen molar-refractivity contribution in [3.63, 3.8) is 0 Å². The maximum absolute atomic E-state index is 12.5. The van der Waals surface area contributed by atoms with Crippen LogP contribution in [0, 0.1) is 0 Å². The maximum Gasteiger partial charge on any atom is 0.238 e. The monoisotopic (exact) mass is 425 g/mol. The number of rotatable bonds is 10. The van der Waals surface area contributed by atoms with E-state index in [0.717, 1.165) is 28.6 Å². The summed E-state index contributed by atoms with van der Waals surface area (Å²) in [5, 5.41) is 5.93. The minimum atomic E-state index is -0.0803. The second kappa shape index (κ2) is 10.8. The van der Waals surface area contributed by atoms with Crippen molar-refractivity contribution in [2.45, 2.75) is 20.4 Å². The number of hydrogen-bond acceptors (Lipinski definition) is 6. The van der Waals surface area contributed by atoms with E-state index in [0.29, 0.717) is 24.6 Å². The third kappa shape index (κ3) is 5.81. The summed E-state index contributed by atoms with van der Waals surface area (Å²) in [6.07, 6.45) is 0. The van der Waals surface area contributed by atoms with Gasteiger partial charge >= 0.3 is 0 Å². The predicted molar refractivity (Wildman–Crippen MR) is 121 cm³/mol. The zero-order valence-corrected chi connectivity index (χ0v) is 18.4. The molecule has 0 radical (unpaired) electrons. The van der Waals surface area contributed by atoms with Crippen molar-refractivity contribution in [3.8, 4) is 22.1 Å². The smallest absolute Gasteiger partial charge is 0.238 e. The predicted octanol–water partition coefficient (Wildman–Crippen LogP) is 4.68. The first kappa shape index (κ1) is 21.8. The lowest BCUT2D eigenvalue weighted by molar-refractivity contribution is -0.117. The van der Waals surface area contributed by atoms with E-state index in [1.807, 2.05) is 67.8 Å². The number of amides is 1. The highest BCUT2D eigenvalue weighted by molar-refractivity contribution is 7.13. The largest absolute Gasteiger partial charge is 0.495 e. The number of thiazole rings is 1. The Bertz CT molecular complexity index is 956. The molecule has 1 heterocycles. The zero-order chi connectivity index (χ0) is 21.3. The van der Waals surface area contributed by atoms with Gasteiger partial charge in [-0.1, -0.05) is 19.1 Å². The highest BCUT2D eigenvalue weighted by Gasteiger charge is 2.14. The van der Waals surface area contributed by atoms with Crippen molar-refractivity contribution < 1.29 is 14.3 Å². The quantitative estimate of drug-likeness (QED) is 0.511. The molecule has 0 aliphatic rings. The maximum atomic E-state index is 12.5. The molecule has 0 bridgehead atoms. The summed E-state index contributed by atoms with van der Waals surface area (Å²) in [6.45, 7) is 6.30. The molecule has 0 aliphatic carbocycles. The SMILES string of the molecule is CCOc1ccc(-c2nc(CN(CC)CC(=O)Nc3ccccc3OC)cs2)cc1. The van der Waals surface area contributed by atoms with Crippen molar-refractivity contribution in [3.05, 3.63) is 59.6 Å². The van der Waals surface area contributed by atoms with Gasteiger partial charge in [-0.3, -0.25) is 9.69 Å². The van der Waals surface area contributed by atoms with Gasteiger partial charge in [0.1, 0.15) is 16.5 Å². The second-order valence-electron chi connectivity index (χ2n) is 6.65. The molecule has 1 N–H and O–H groups in total. The number of hydrogen-bond donors (Lipinski definition) is 1. The van der Waals surface area contributed by atoms with Crippen molar-refractivity contribution >= 4 is 22.9 Å². The normalized spacial score (nSPS) is 10.8. The number of ether oxygens (including phenoxy) is 2. The molecule has 158 valence electrons. The lowest BCUT2D eigenvalue weighted by Crippen LogP contribution is -2.32. The van der Waals surface area contributed by atoms with Gasteiger partial charge in [-0.25, -0.2) is 4.98 Å². The second-order valence-corrected chi connectivity index (χ2v) is 7.51. The number of aromatic nitrogens is 1. The van der Waals surface area contributed by atoms with E-state index < -0.39 is 0 Å². The lowest BCUT2D eigenvalue weighted by Gasteiger charge is -2.19. The Hall–Kier alpha value is -2.90. The summed E-state index contributed by atoms with van der Waals surface area (Å²) >= 11 is 1.61. The molecule has 3 aromatic rings. The third-order valence-electron chi connectivity index (χ3n) is 4.55.